The van der Waals surface area contributed by atoms with Crippen LogP contribution in [0.15, 0.2) is 342 Å². The van der Waals surface area contributed by atoms with Crippen LogP contribution in [-0.2, 0) is 84.3 Å². The van der Waals surface area contributed by atoms with E-state index in [1.807, 2.05) is 79.3 Å². The first-order valence-electron chi connectivity index (χ1n) is 39.4. The van der Waals surface area contributed by atoms with Crippen molar-refractivity contribution in [1.29, 1.82) is 0 Å². The third-order valence-corrected chi connectivity index (χ3v) is 24.6. The van der Waals surface area contributed by atoms with Gasteiger partial charge in [-0.05, 0) is 200 Å². The molecule has 0 radical (unpaired) electrons. The molecular formula is C105H66N12Pt3S3. The number of fused-ring (bicyclic) bond motifs is 12. The van der Waals surface area contributed by atoms with Crippen molar-refractivity contribution < 1.29 is 63.2 Å². The van der Waals surface area contributed by atoms with E-state index < -0.39 is 0 Å². The quantitative estimate of drug-likeness (QED) is 0.113. The number of para-hydroxylation sites is 6. The Morgan fingerprint density at radius 3 is 1.17 bits per heavy atom. The molecule has 12 nitrogen and oxygen atoms in total. The molecule has 12 aromatic carbocycles. The summed E-state index contributed by atoms with van der Waals surface area (Å²) in [6.45, 7) is 0. The summed E-state index contributed by atoms with van der Waals surface area (Å²) in [6, 6.07) is 123. The first-order chi connectivity index (χ1) is 59.3. The first kappa shape index (κ1) is 79.8. The minimum atomic E-state index is 0. The summed E-state index contributed by atoms with van der Waals surface area (Å²) in [5, 5.41) is 19.9. The van der Waals surface area contributed by atoms with Crippen LogP contribution in [0.25, 0.3) is 217 Å². The molecule has 0 saturated carbocycles. The second-order valence-electron chi connectivity index (χ2n) is 29.5. The Morgan fingerprint density at radius 2 is 0.675 bits per heavy atom. The molecule has 123 heavy (non-hydrogen) atoms. The minimum Gasteiger partial charge on any atom is -0.367 e. The van der Waals surface area contributed by atoms with Gasteiger partial charge >= 0.3 is 63.2 Å². The third kappa shape index (κ3) is 14.4. The maximum Gasteiger partial charge on any atom is 2.00 e. The van der Waals surface area contributed by atoms with Crippen molar-refractivity contribution in [2.45, 2.75) is 0 Å². The van der Waals surface area contributed by atoms with Crippen LogP contribution in [0.3, 0.4) is 0 Å². The van der Waals surface area contributed by atoms with Crippen molar-refractivity contribution in [3.63, 3.8) is 0 Å². The van der Waals surface area contributed by atoms with Crippen LogP contribution in [0.1, 0.15) is 0 Å². The molecule has 594 valence electrons. The Bertz CT molecular complexity index is 8020. The fourth-order valence-electron chi connectivity index (χ4n) is 16.8. The second-order valence-corrected chi connectivity index (χ2v) is 31.9. The molecule has 24 rings (SSSR count). The summed E-state index contributed by atoms with van der Waals surface area (Å²) in [5.41, 5.74) is 30.9. The van der Waals surface area contributed by atoms with E-state index in [9.17, 15) is 0 Å². The summed E-state index contributed by atoms with van der Waals surface area (Å²) >= 11 is 5.11. The van der Waals surface area contributed by atoms with Crippen molar-refractivity contribution in [3.05, 3.63) is 378 Å². The van der Waals surface area contributed by atoms with Gasteiger partial charge < -0.3 is 42.4 Å². The van der Waals surface area contributed by atoms with Gasteiger partial charge in [0.2, 0.25) is 0 Å². The van der Waals surface area contributed by atoms with E-state index in [0.29, 0.717) is 0 Å². The van der Waals surface area contributed by atoms with Gasteiger partial charge in [-0.25, -0.2) is 0 Å². The largest absolute Gasteiger partial charge is 2.00 e. The smallest absolute Gasteiger partial charge is 0.367 e. The molecule has 24 aromatic rings. The van der Waals surface area contributed by atoms with E-state index in [4.69, 9.17) is 15.0 Å². The van der Waals surface area contributed by atoms with Gasteiger partial charge in [-0.3, -0.25) is 15.0 Å². The average molecular weight is 2180 g/mol. The monoisotopic (exact) mass is 2180 g/mol. The topological polar surface area (TPSA) is 107 Å². The number of hydrogen-bond acceptors (Lipinski definition) is 9. The van der Waals surface area contributed by atoms with Crippen LogP contribution in [-0.4, -0.2) is 57.3 Å². The van der Waals surface area contributed by atoms with Crippen molar-refractivity contribution in [3.8, 4) is 118 Å². The fraction of sp³-hybridized carbons (Fsp3) is 0.0286. The molecule has 0 fully saturated rings. The van der Waals surface area contributed by atoms with Gasteiger partial charge in [0.05, 0.1) is 50.6 Å². The molecule has 0 atom stereocenters. The van der Waals surface area contributed by atoms with E-state index in [0.717, 1.165) is 178 Å². The molecule has 0 amide bonds. The molecule has 0 spiro atoms. The molecule has 0 unspecified atom stereocenters. The summed E-state index contributed by atoms with van der Waals surface area (Å²) in [6.07, 6.45) is 5.46. The van der Waals surface area contributed by atoms with Crippen molar-refractivity contribution in [2.75, 3.05) is 0 Å². The predicted molar refractivity (Wildman–Crippen MR) is 494 cm³/mol. The number of benzene rings is 12. The number of pyridine rings is 3. The maximum atomic E-state index is 5.17. The van der Waals surface area contributed by atoms with E-state index >= 15 is 0 Å². The molecule has 0 aliphatic rings. The standard InChI is InChI=1S/3C35H22N4S.3Pt/c1-38-32-12-5-3-10-30(32)37-35(38)24-14-16-28-27-8-2-4-11-31(27)39(34(28)21-24)33-20-23(29-9-6-7-18-36-29)13-15-26(33)25-17-19-40-22-25;1-38-32-14-7-11-27(25-17-19-40-22-25)34(32)37-35(38)24-15-16-29-28-10-2-3-13-31(28)39(33(29)21-24)26-9-6-8-23(20-26)30-12-4-5-18-36-30;1-38-33-15-13-23(26-16-18-40-22-26)20-31(33)37-35(38)25-12-14-29-28-9-2-3-11-32(28)39(34(29)21-25)27-8-6-7-24(19-27)30-10-4-5-17-36-30;;;/h2*2-19,22H,1H3;2-18,20,22H,1H3;;;/q3*-2;3*+2. The minimum absolute atomic E-state index is 0. The van der Waals surface area contributed by atoms with Crippen LogP contribution in [0.5, 0.6) is 0 Å². The van der Waals surface area contributed by atoms with E-state index in [1.54, 1.807) is 34.0 Å². The summed E-state index contributed by atoms with van der Waals surface area (Å²) in [5.74, 6) is 2.68. The molecule has 18 heteroatoms. The van der Waals surface area contributed by atoms with E-state index in [-0.39, 0.29) is 63.2 Å². The fourth-order valence-corrected chi connectivity index (χ4v) is 18.8. The SMILES string of the molecule is Cn1c(-c2[c-]c3c(cc2)c2ccccc2n3-c2[c-]c(-c3ccccn3)ccc2)nc2c(-c3ccsc3)cccc21.Cn1c(-c2[c-]c3c(cc2)c2ccccc2n3-c2[c-]c(-c3ccccn3)ccc2)nc2cc(-c3ccsc3)ccc21.Cn1c(-c2[c-]c3c(cc2)c2ccccc2n3-c2[c-]c(-c3ccccn3)ccc2-c2ccsc2)nc2ccccc21.[Pt+2].[Pt+2].[Pt+2]. The third-order valence-electron chi connectivity index (χ3n) is 22.6. The van der Waals surface area contributed by atoms with Gasteiger partial charge in [0.15, 0.2) is 0 Å². The van der Waals surface area contributed by atoms with Crippen LogP contribution < -0.4 is 0 Å². The maximum absolute atomic E-state index is 5.17. The Balaban J connectivity index is 0.000000120. The van der Waals surface area contributed by atoms with Gasteiger partial charge in [0.25, 0.3) is 0 Å². The van der Waals surface area contributed by atoms with Crippen LogP contribution in [0, 0.1) is 36.4 Å². The van der Waals surface area contributed by atoms with Gasteiger partial charge in [-0.2, -0.15) is 34.0 Å². The molecule has 0 bridgehead atoms. The van der Waals surface area contributed by atoms with Crippen LogP contribution in [0.2, 0.25) is 0 Å². The van der Waals surface area contributed by atoms with Gasteiger partial charge in [0.1, 0.15) is 0 Å². The molecule has 12 heterocycles. The Kier molecular flexibility index (Phi) is 21.9. The van der Waals surface area contributed by atoms with Gasteiger partial charge in [-0.15, -0.1) is 155 Å². The molecule has 12 aromatic heterocycles. The van der Waals surface area contributed by atoms with E-state index in [1.165, 1.54) is 38.4 Å². The van der Waals surface area contributed by atoms with Gasteiger partial charge in [-0.1, -0.05) is 149 Å². The number of thiophene rings is 3. The number of aromatic nitrogens is 12. The zero-order chi connectivity index (χ0) is 79.9. The van der Waals surface area contributed by atoms with Gasteiger partial charge in [0, 0.05) is 61.8 Å². The van der Waals surface area contributed by atoms with E-state index in [2.05, 4.69) is 363 Å². The van der Waals surface area contributed by atoms with Crippen LogP contribution >= 0.6 is 34.0 Å². The second kappa shape index (κ2) is 33.8. The predicted octanol–water partition coefficient (Wildman–Crippen LogP) is 26.2. The molecule has 0 N–H and O–H groups in total. The zero-order valence-electron chi connectivity index (χ0n) is 65.9. The average Bonchev–Trinajstić information content (AvgIpc) is 1.58. The van der Waals surface area contributed by atoms with Crippen LogP contribution in [0.4, 0.5) is 0 Å². The molecular weight excluding hydrogens is 2110 g/mol. The normalized spacial score (nSPS) is 11.3. The summed E-state index contributed by atoms with van der Waals surface area (Å²) in [7, 11) is 6.23. The van der Waals surface area contributed by atoms with Crippen molar-refractivity contribution in [2.24, 2.45) is 21.1 Å². The number of imidazole rings is 3. The number of aryl methyl sites for hydroxylation is 3. The molecule has 0 saturated heterocycles. The zero-order valence-corrected chi connectivity index (χ0v) is 75.2. The number of rotatable bonds is 12. The first-order valence-corrected chi connectivity index (χ1v) is 42.2. The molecule has 0 aliphatic carbocycles. The molecule has 0 aliphatic heterocycles. The Labute approximate surface area is 763 Å². The summed E-state index contributed by atoms with van der Waals surface area (Å²) < 4.78 is 13.3. The Hall–Kier alpha value is -12.9. The van der Waals surface area contributed by atoms with Crippen molar-refractivity contribution >= 4 is 133 Å². The number of nitrogens with zero attached hydrogens (tertiary/aromatic N) is 12. The van der Waals surface area contributed by atoms with Crippen molar-refractivity contribution in [1.82, 2.24) is 57.3 Å². The Morgan fingerprint density at radius 1 is 0.268 bits per heavy atom. The number of hydrogen-bond donors (Lipinski definition) is 0. The summed E-state index contributed by atoms with van der Waals surface area (Å²) in [4.78, 5) is 28.9.